The summed E-state index contributed by atoms with van der Waals surface area (Å²) in [5, 5.41) is 20.6. The summed E-state index contributed by atoms with van der Waals surface area (Å²) in [6.45, 7) is 0. The minimum atomic E-state index is -0.512. The van der Waals surface area contributed by atoms with Crippen LogP contribution in [0, 0.1) is 10.1 Å². The van der Waals surface area contributed by atoms with Gasteiger partial charge in [0, 0.05) is 18.2 Å². The van der Waals surface area contributed by atoms with Crippen molar-refractivity contribution in [2.45, 2.75) is 0 Å². The van der Waals surface area contributed by atoms with Gasteiger partial charge >= 0.3 is 0 Å². The lowest BCUT2D eigenvalue weighted by atomic mass is 10.1. The maximum atomic E-state index is 12.4. The lowest BCUT2D eigenvalue weighted by Crippen LogP contribution is -2.23. The number of hydrogen-bond donors (Lipinski definition) is 2. The average molecular weight is 378 g/mol. The van der Waals surface area contributed by atoms with Crippen LogP contribution in [0.5, 0.6) is 0 Å². The van der Waals surface area contributed by atoms with Gasteiger partial charge in [-0.3, -0.25) is 25.1 Å². The van der Waals surface area contributed by atoms with Crippen LogP contribution in [0.4, 0.5) is 11.4 Å². The summed E-state index contributed by atoms with van der Waals surface area (Å²) in [5.74, 6) is -0.950. The van der Waals surface area contributed by atoms with Crippen LogP contribution < -0.4 is 10.7 Å². The van der Waals surface area contributed by atoms with E-state index in [0.717, 1.165) is 0 Å². The van der Waals surface area contributed by atoms with Crippen LogP contribution in [0.1, 0.15) is 15.9 Å². The molecule has 0 bridgehead atoms. The highest BCUT2D eigenvalue weighted by Crippen LogP contribution is 2.17. The maximum absolute atomic E-state index is 12.4. The van der Waals surface area contributed by atoms with Gasteiger partial charge in [0.1, 0.15) is 12.7 Å². The molecule has 2 aromatic carbocycles. The minimum absolute atomic E-state index is 0.0708. The Morgan fingerprint density at radius 1 is 1.07 bits per heavy atom. The van der Waals surface area contributed by atoms with Crippen molar-refractivity contribution in [3.05, 3.63) is 88.5 Å². The van der Waals surface area contributed by atoms with Gasteiger partial charge in [0.15, 0.2) is 0 Å². The Bertz CT molecular complexity index is 1050. The number of non-ortho nitro benzene ring substituents is 1. The van der Waals surface area contributed by atoms with Gasteiger partial charge in [-0.25, -0.2) is 4.68 Å². The first-order valence-corrected chi connectivity index (χ1v) is 8.01. The summed E-state index contributed by atoms with van der Waals surface area (Å²) in [7, 11) is 0. The van der Waals surface area contributed by atoms with Crippen LogP contribution in [0.25, 0.3) is 6.08 Å². The number of nitrogens with zero attached hydrogens (tertiary/aromatic N) is 4. The molecule has 28 heavy (non-hydrogen) atoms. The molecule has 2 N–H and O–H groups in total. The van der Waals surface area contributed by atoms with E-state index in [1.807, 2.05) is 0 Å². The lowest BCUT2D eigenvalue weighted by Gasteiger charge is -2.10. The van der Waals surface area contributed by atoms with Gasteiger partial charge < -0.3 is 5.32 Å². The highest BCUT2D eigenvalue weighted by atomic mass is 16.6. The quantitative estimate of drug-likeness (QED) is 0.384. The lowest BCUT2D eigenvalue weighted by molar-refractivity contribution is -0.384. The van der Waals surface area contributed by atoms with Crippen LogP contribution in [0.2, 0.25) is 0 Å². The van der Waals surface area contributed by atoms with Gasteiger partial charge in [0.05, 0.1) is 16.2 Å². The molecule has 0 aliphatic rings. The first kappa shape index (κ1) is 18.5. The van der Waals surface area contributed by atoms with E-state index in [0.29, 0.717) is 11.3 Å². The number of hydrogen-bond acceptors (Lipinski definition) is 6. The normalized spacial score (nSPS) is 10.6. The number of rotatable bonds is 6. The molecule has 10 heteroatoms. The third kappa shape index (κ3) is 4.64. The molecule has 1 aromatic heterocycles. The molecule has 0 radical (unpaired) electrons. The number of nitro groups is 1. The van der Waals surface area contributed by atoms with Gasteiger partial charge in [-0.05, 0) is 23.8 Å². The Morgan fingerprint density at radius 2 is 1.82 bits per heavy atom. The van der Waals surface area contributed by atoms with E-state index in [9.17, 15) is 19.7 Å². The van der Waals surface area contributed by atoms with E-state index in [-0.39, 0.29) is 11.3 Å². The Kier molecular flexibility index (Phi) is 5.51. The Labute approximate surface area is 158 Å². The Balaban J connectivity index is 1.71. The van der Waals surface area contributed by atoms with Crippen molar-refractivity contribution in [3.63, 3.8) is 0 Å². The fourth-order valence-corrected chi connectivity index (χ4v) is 2.31. The van der Waals surface area contributed by atoms with Crippen molar-refractivity contribution in [1.29, 1.82) is 0 Å². The topological polar surface area (TPSA) is 132 Å². The number of amides is 2. The van der Waals surface area contributed by atoms with Crippen molar-refractivity contribution in [2.24, 2.45) is 0 Å². The smallest absolute Gasteiger partial charge is 0.272 e. The first-order chi connectivity index (χ1) is 13.5. The second-order valence-electron chi connectivity index (χ2n) is 5.53. The van der Waals surface area contributed by atoms with Crippen molar-refractivity contribution in [1.82, 2.24) is 14.9 Å². The highest BCUT2D eigenvalue weighted by Gasteiger charge is 2.12. The molecule has 3 aromatic rings. The van der Waals surface area contributed by atoms with E-state index >= 15 is 0 Å². The number of carbonyl (C=O) groups excluding carboxylic acids is 2. The largest absolute Gasteiger partial charge is 0.322 e. The van der Waals surface area contributed by atoms with Crippen LogP contribution in [-0.4, -0.2) is 31.6 Å². The first-order valence-electron chi connectivity index (χ1n) is 8.01. The summed E-state index contributed by atoms with van der Waals surface area (Å²) in [5.41, 5.74) is 3.53. The second-order valence-corrected chi connectivity index (χ2v) is 5.53. The van der Waals surface area contributed by atoms with E-state index in [1.165, 1.54) is 47.7 Å². The molecule has 0 aliphatic heterocycles. The van der Waals surface area contributed by atoms with Gasteiger partial charge in [0.25, 0.3) is 11.6 Å². The standard InChI is InChI=1S/C18H14N6O4/c25-17(9-8-13-4-3-5-14(10-13)24(27)28)21-16-7-2-1-6-15(16)18(26)22-23-11-19-20-12-23/h1-12H,(H,21,25)(H,22,26)/b9-8+. The van der Waals surface area contributed by atoms with Crippen LogP contribution in [0.3, 0.4) is 0 Å². The summed E-state index contributed by atoms with van der Waals surface area (Å²) >= 11 is 0. The molecular formula is C18H14N6O4. The van der Waals surface area contributed by atoms with Crippen molar-refractivity contribution < 1.29 is 14.5 Å². The molecule has 1 heterocycles. The zero-order valence-electron chi connectivity index (χ0n) is 14.4. The summed E-state index contributed by atoms with van der Waals surface area (Å²) < 4.78 is 1.28. The summed E-state index contributed by atoms with van der Waals surface area (Å²) in [6, 6.07) is 12.4. The minimum Gasteiger partial charge on any atom is -0.322 e. The predicted octanol–water partition coefficient (Wildman–Crippen LogP) is 2.22. The fraction of sp³-hybridized carbons (Fsp3) is 0. The molecule has 0 fully saturated rings. The van der Waals surface area contributed by atoms with Crippen LogP contribution in [0.15, 0.2) is 67.3 Å². The molecule has 0 saturated heterocycles. The highest BCUT2D eigenvalue weighted by molar-refractivity contribution is 6.09. The third-order valence-electron chi connectivity index (χ3n) is 3.59. The van der Waals surface area contributed by atoms with Gasteiger partial charge in [0.2, 0.25) is 5.91 Å². The zero-order chi connectivity index (χ0) is 19.9. The summed E-state index contributed by atoms with van der Waals surface area (Å²) in [4.78, 5) is 34.9. The number of benzene rings is 2. The van der Waals surface area contributed by atoms with Gasteiger partial charge in [-0.2, -0.15) is 0 Å². The molecule has 0 saturated carbocycles. The van der Waals surface area contributed by atoms with E-state index in [2.05, 4.69) is 20.9 Å². The van der Waals surface area contributed by atoms with Crippen LogP contribution >= 0.6 is 0 Å². The number of carbonyl (C=O) groups is 2. The third-order valence-corrected chi connectivity index (χ3v) is 3.59. The maximum Gasteiger partial charge on any atom is 0.272 e. The molecule has 0 atom stereocenters. The number of para-hydroxylation sites is 1. The second kappa shape index (κ2) is 8.36. The molecule has 0 spiro atoms. The molecule has 0 unspecified atom stereocenters. The van der Waals surface area contributed by atoms with Crippen molar-refractivity contribution in [3.8, 4) is 0 Å². The monoisotopic (exact) mass is 378 g/mol. The van der Waals surface area contributed by atoms with E-state index < -0.39 is 16.7 Å². The molecular weight excluding hydrogens is 364 g/mol. The number of nitro benzene ring substituents is 1. The summed E-state index contributed by atoms with van der Waals surface area (Å²) in [6.07, 6.45) is 5.32. The van der Waals surface area contributed by atoms with Crippen molar-refractivity contribution in [2.75, 3.05) is 10.7 Å². The molecule has 0 aliphatic carbocycles. The van der Waals surface area contributed by atoms with E-state index in [4.69, 9.17) is 0 Å². The Hall–Kier alpha value is -4.34. The Morgan fingerprint density at radius 3 is 2.57 bits per heavy atom. The number of nitrogens with one attached hydrogen (secondary N) is 2. The SMILES string of the molecule is O=C(/C=C/c1cccc([N+](=O)[O-])c1)Nc1ccccc1C(=O)Nn1cnnc1. The molecule has 2 amide bonds. The van der Waals surface area contributed by atoms with E-state index in [1.54, 1.807) is 30.3 Å². The van der Waals surface area contributed by atoms with Crippen LogP contribution in [-0.2, 0) is 4.79 Å². The zero-order valence-corrected chi connectivity index (χ0v) is 14.4. The average Bonchev–Trinajstić information content (AvgIpc) is 3.20. The molecule has 10 nitrogen and oxygen atoms in total. The number of anilines is 1. The molecule has 3 rings (SSSR count). The van der Waals surface area contributed by atoms with Gasteiger partial charge in [-0.1, -0.05) is 24.3 Å². The molecule has 140 valence electrons. The fourth-order valence-electron chi connectivity index (χ4n) is 2.31. The predicted molar refractivity (Wildman–Crippen MR) is 101 cm³/mol. The van der Waals surface area contributed by atoms with Gasteiger partial charge in [-0.15, -0.1) is 10.2 Å². The van der Waals surface area contributed by atoms with Crippen molar-refractivity contribution >= 4 is 29.3 Å². The number of aromatic nitrogens is 3.